The Bertz CT molecular complexity index is 1190. The maximum Gasteiger partial charge on any atom is 0.251 e. The van der Waals surface area contributed by atoms with Crippen molar-refractivity contribution in [2.45, 2.75) is 50.6 Å². The molecule has 0 spiro atoms. The number of ether oxygens (including phenoxy) is 2. The molecule has 0 aliphatic carbocycles. The summed E-state index contributed by atoms with van der Waals surface area (Å²) in [5.41, 5.74) is 9.39. The van der Waals surface area contributed by atoms with Crippen molar-refractivity contribution in [3.05, 3.63) is 64.7 Å². The van der Waals surface area contributed by atoms with Crippen LogP contribution >= 0.6 is 0 Å². The first-order valence-electron chi connectivity index (χ1n) is 12.2. The third kappa shape index (κ3) is 5.48. The van der Waals surface area contributed by atoms with Gasteiger partial charge in [-0.15, -0.1) is 0 Å². The molecule has 2 atom stereocenters. The third-order valence-electron chi connectivity index (χ3n) is 6.54. The summed E-state index contributed by atoms with van der Waals surface area (Å²) in [6.07, 6.45) is 8.64. The lowest BCUT2D eigenvalue weighted by molar-refractivity contribution is -0.120. The molecule has 4 N–H and O–H groups in total. The molecule has 3 aliphatic rings. The Hall–Kier alpha value is -3.81. The summed E-state index contributed by atoms with van der Waals surface area (Å²) in [5, 5.41) is 5.71. The second-order valence-electron chi connectivity index (χ2n) is 9.14. The van der Waals surface area contributed by atoms with Crippen LogP contribution in [-0.2, 0) is 11.2 Å². The number of nitrogens with one attached hydrogen (secondary N) is 2. The number of hydrogen-bond donors (Lipinski definition) is 3. The SMILES string of the molecule is NC1=NC(CC/C=C/c2ccc3c(c2)C(NC(=O)c2ccc4c(c2)CCCO4)CCO3)CC(=O)N1. The summed E-state index contributed by atoms with van der Waals surface area (Å²) in [6.45, 7) is 1.29. The van der Waals surface area contributed by atoms with Crippen LogP contribution in [0.1, 0.15) is 65.2 Å². The van der Waals surface area contributed by atoms with Gasteiger partial charge in [-0.1, -0.05) is 18.2 Å². The normalized spacial score (nSPS) is 21.1. The van der Waals surface area contributed by atoms with E-state index >= 15 is 0 Å². The largest absolute Gasteiger partial charge is 0.493 e. The van der Waals surface area contributed by atoms with Crippen LogP contribution in [0.25, 0.3) is 6.08 Å². The maximum atomic E-state index is 13.0. The van der Waals surface area contributed by atoms with Crippen molar-refractivity contribution in [1.82, 2.24) is 10.6 Å². The Morgan fingerprint density at radius 1 is 1.17 bits per heavy atom. The van der Waals surface area contributed by atoms with E-state index in [2.05, 4.69) is 27.8 Å². The monoisotopic (exact) mass is 474 g/mol. The van der Waals surface area contributed by atoms with Gasteiger partial charge in [-0.2, -0.15) is 0 Å². The zero-order valence-corrected chi connectivity index (χ0v) is 19.6. The lowest BCUT2D eigenvalue weighted by Crippen LogP contribution is -2.43. The highest BCUT2D eigenvalue weighted by Gasteiger charge is 2.24. The number of allylic oxidation sites excluding steroid dienone is 1. The fourth-order valence-electron chi connectivity index (χ4n) is 4.77. The summed E-state index contributed by atoms with van der Waals surface area (Å²) in [4.78, 5) is 28.9. The summed E-state index contributed by atoms with van der Waals surface area (Å²) in [5.74, 6) is 1.70. The van der Waals surface area contributed by atoms with E-state index in [4.69, 9.17) is 15.2 Å². The number of fused-ring (bicyclic) bond motifs is 2. The van der Waals surface area contributed by atoms with E-state index in [-0.39, 0.29) is 29.9 Å². The van der Waals surface area contributed by atoms with Gasteiger partial charge in [0.15, 0.2) is 5.96 Å². The molecule has 2 aromatic rings. The Morgan fingerprint density at radius 3 is 2.91 bits per heavy atom. The number of nitrogens with zero attached hydrogens (tertiary/aromatic N) is 1. The van der Waals surface area contributed by atoms with Crippen molar-refractivity contribution < 1.29 is 19.1 Å². The van der Waals surface area contributed by atoms with Gasteiger partial charge in [0.05, 0.1) is 25.3 Å². The number of carbonyl (C=O) groups excluding carboxylic acids is 2. The minimum atomic E-state index is -0.120. The number of rotatable bonds is 6. The molecule has 0 fully saturated rings. The Labute approximate surface area is 204 Å². The van der Waals surface area contributed by atoms with Crippen LogP contribution in [0, 0.1) is 0 Å². The predicted molar refractivity (Wildman–Crippen MR) is 133 cm³/mol. The molecule has 8 heteroatoms. The molecule has 0 aromatic heterocycles. The number of aliphatic imine (C=N–C) groups is 1. The second kappa shape index (κ2) is 10.2. The van der Waals surface area contributed by atoms with E-state index in [9.17, 15) is 9.59 Å². The summed E-state index contributed by atoms with van der Waals surface area (Å²) < 4.78 is 11.5. The van der Waals surface area contributed by atoms with E-state index in [0.29, 0.717) is 25.0 Å². The average Bonchev–Trinajstić information content (AvgIpc) is 2.86. The number of amides is 2. The lowest BCUT2D eigenvalue weighted by atomic mass is 9.97. The standard InChI is InChI=1S/C27H30N4O4/c28-27-29-20(16-25(32)31-27)6-2-1-4-17-7-9-24-21(14-17)22(11-13-35-24)30-26(33)19-8-10-23-18(15-19)5-3-12-34-23/h1,4,7-10,14-15,20,22H,2-3,5-6,11-13,16H2,(H,30,33)(H3,28,29,31,32)/b4-1+. The van der Waals surface area contributed by atoms with Crippen molar-refractivity contribution in [2.75, 3.05) is 13.2 Å². The highest BCUT2D eigenvalue weighted by atomic mass is 16.5. The number of benzene rings is 2. The van der Waals surface area contributed by atoms with Crippen LogP contribution in [-0.4, -0.2) is 37.0 Å². The van der Waals surface area contributed by atoms with E-state index in [1.807, 2.05) is 36.4 Å². The molecule has 2 amide bonds. The number of carbonyl (C=O) groups is 2. The molecule has 8 nitrogen and oxygen atoms in total. The highest BCUT2D eigenvalue weighted by Crippen LogP contribution is 2.34. The van der Waals surface area contributed by atoms with E-state index in [1.54, 1.807) is 0 Å². The van der Waals surface area contributed by atoms with Gasteiger partial charge in [-0.25, -0.2) is 4.99 Å². The van der Waals surface area contributed by atoms with Crippen LogP contribution in [0.5, 0.6) is 11.5 Å². The molecular weight excluding hydrogens is 444 g/mol. The molecule has 3 heterocycles. The molecule has 0 saturated carbocycles. The summed E-state index contributed by atoms with van der Waals surface area (Å²) in [6, 6.07) is 11.5. The molecule has 2 unspecified atom stereocenters. The highest BCUT2D eigenvalue weighted by molar-refractivity contribution is 5.98. The fraction of sp³-hybridized carbons (Fsp3) is 0.370. The molecule has 0 bridgehead atoms. The molecule has 2 aromatic carbocycles. The van der Waals surface area contributed by atoms with Crippen LogP contribution in [0.15, 0.2) is 47.5 Å². The molecule has 0 saturated heterocycles. The first kappa shape index (κ1) is 23.0. The van der Waals surface area contributed by atoms with Crippen LogP contribution in [0.2, 0.25) is 0 Å². The van der Waals surface area contributed by atoms with Gasteiger partial charge >= 0.3 is 0 Å². The molecule has 5 rings (SSSR count). The summed E-state index contributed by atoms with van der Waals surface area (Å²) in [7, 11) is 0. The maximum absolute atomic E-state index is 13.0. The van der Waals surface area contributed by atoms with Gasteiger partial charge in [0, 0.05) is 24.0 Å². The first-order valence-corrected chi connectivity index (χ1v) is 12.2. The third-order valence-corrected chi connectivity index (χ3v) is 6.54. The van der Waals surface area contributed by atoms with Crippen LogP contribution in [0.4, 0.5) is 0 Å². The Kier molecular flexibility index (Phi) is 6.70. The van der Waals surface area contributed by atoms with E-state index < -0.39 is 0 Å². The van der Waals surface area contributed by atoms with Gasteiger partial charge in [0.2, 0.25) is 5.91 Å². The van der Waals surface area contributed by atoms with Crippen molar-refractivity contribution in [3.63, 3.8) is 0 Å². The first-order chi connectivity index (χ1) is 17.0. The van der Waals surface area contributed by atoms with Crippen molar-refractivity contribution in [3.8, 4) is 11.5 Å². The zero-order chi connectivity index (χ0) is 24.2. The topological polar surface area (TPSA) is 115 Å². The van der Waals surface area contributed by atoms with Gasteiger partial charge in [-0.05, 0) is 67.1 Å². The molecular formula is C27H30N4O4. The number of nitrogens with two attached hydrogens (primary N) is 1. The summed E-state index contributed by atoms with van der Waals surface area (Å²) >= 11 is 0. The van der Waals surface area contributed by atoms with Crippen LogP contribution in [0.3, 0.4) is 0 Å². The zero-order valence-electron chi connectivity index (χ0n) is 19.6. The fourth-order valence-corrected chi connectivity index (χ4v) is 4.77. The Balaban J connectivity index is 1.24. The van der Waals surface area contributed by atoms with Crippen LogP contribution < -0.4 is 25.8 Å². The Morgan fingerprint density at radius 2 is 2.03 bits per heavy atom. The van der Waals surface area contributed by atoms with Gasteiger partial charge in [-0.3, -0.25) is 14.9 Å². The number of guanidine groups is 1. The quantitative estimate of drug-likeness (QED) is 0.595. The minimum Gasteiger partial charge on any atom is -0.493 e. The van der Waals surface area contributed by atoms with Gasteiger partial charge < -0.3 is 20.5 Å². The van der Waals surface area contributed by atoms with Crippen molar-refractivity contribution >= 4 is 23.8 Å². The average molecular weight is 475 g/mol. The molecule has 182 valence electrons. The molecule has 3 aliphatic heterocycles. The minimum absolute atomic E-state index is 0.0833. The number of hydrogen-bond acceptors (Lipinski definition) is 6. The van der Waals surface area contributed by atoms with E-state index in [0.717, 1.165) is 60.5 Å². The van der Waals surface area contributed by atoms with Gasteiger partial charge in [0.25, 0.3) is 5.91 Å². The lowest BCUT2D eigenvalue weighted by Gasteiger charge is -2.27. The second-order valence-corrected chi connectivity index (χ2v) is 9.14. The smallest absolute Gasteiger partial charge is 0.251 e. The van der Waals surface area contributed by atoms with Crippen molar-refractivity contribution in [1.29, 1.82) is 0 Å². The van der Waals surface area contributed by atoms with Crippen molar-refractivity contribution in [2.24, 2.45) is 10.7 Å². The number of aryl methyl sites for hydroxylation is 1. The molecule has 35 heavy (non-hydrogen) atoms. The van der Waals surface area contributed by atoms with Gasteiger partial charge in [0.1, 0.15) is 11.5 Å². The molecule has 0 radical (unpaired) electrons. The predicted octanol–water partition coefficient (Wildman–Crippen LogP) is 3.26. The van der Waals surface area contributed by atoms with E-state index in [1.165, 1.54) is 0 Å².